The largest absolute Gasteiger partial charge is 0.310 e. The van der Waals surface area contributed by atoms with E-state index in [-0.39, 0.29) is 12.0 Å². The van der Waals surface area contributed by atoms with Gasteiger partial charge in [0.15, 0.2) is 5.78 Å². The molecule has 1 aliphatic rings. The molecule has 14 heavy (non-hydrogen) atoms. The van der Waals surface area contributed by atoms with Crippen LogP contribution in [0.5, 0.6) is 0 Å². The Morgan fingerprint density at radius 1 is 1.21 bits per heavy atom. The van der Waals surface area contributed by atoms with E-state index < -0.39 is 0 Å². The highest BCUT2D eigenvalue weighted by molar-refractivity contribution is 5.86. The lowest BCUT2D eigenvalue weighted by molar-refractivity contribution is -0.125. The van der Waals surface area contributed by atoms with Crippen molar-refractivity contribution in [3.8, 4) is 0 Å². The Hall–Kier alpha value is -0.370. The van der Waals surface area contributed by atoms with Gasteiger partial charge in [0.05, 0.1) is 6.04 Å². The van der Waals surface area contributed by atoms with Gasteiger partial charge >= 0.3 is 0 Å². The number of Topliss-reactive ketones (excluding diaryl/α,β-unsaturated/α-hetero) is 1. The number of ketones is 1. The van der Waals surface area contributed by atoms with Crippen molar-refractivity contribution >= 4 is 5.78 Å². The van der Waals surface area contributed by atoms with Gasteiger partial charge in [-0.2, -0.15) is 0 Å². The van der Waals surface area contributed by atoms with E-state index in [1.54, 1.807) is 0 Å². The maximum Gasteiger partial charge on any atom is 0.152 e. The zero-order valence-corrected chi connectivity index (χ0v) is 9.68. The summed E-state index contributed by atoms with van der Waals surface area (Å²) in [5, 5.41) is 3.20. The quantitative estimate of drug-likeness (QED) is 0.749. The molecule has 1 atom stereocenters. The molecule has 1 N–H and O–H groups in total. The van der Waals surface area contributed by atoms with Crippen LogP contribution < -0.4 is 5.32 Å². The Kier molecular flexibility index (Phi) is 4.59. The SMILES string of the molecule is CN[C@@H](C(=O)C(C)C)C1CCCCC1. The van der Waals surface area contributed by atoms with Gasteiger partial charge in [-0.3, -0.25) is 4.79 Å². The third-order valence-electron chi connectivity index (χ3n) is 3.31. The Morgan fingerprint density at radius 3 is 2.21 bits per heavy atom. The standard InChI is InChI=1S/C12H23NO/c1-9(2)12(14)11(13-3)10-7-5-4-6-8-10/h9-11,13H,4-8H2,1-3H3/t11-/m1/s1. The van der Waals surface area contributed by atoms with Crippen molar-refractivity contribution in [1.82, 2.24) is 5.32 Å². The summed E-state index contributed by atoms with van der Waals surface area (Å²) >= 11 is 0. The summed E-state index contributed by atoms with van der Waals surface area (Å²) in [5.74, 6) is 1.14. The summed E-state index contributed by atoms with van der Waals surface area (Å²) in [4.78, 5) is 11.9. The first-order chi connectivity index (χ1) is 6.66. The smallest absolute Gasteiger partial charge is 0.152 e. The lowest BCUT2D eigenvalue weighted by Gasteiger charge is -2.30. The van der Waals surface area contributed by atoms with Crippen molar-refractivity contribution in [1.29, 1.82) is 0 Å². The average Bonchev–Trinajstić information content (AvgIpc) is 2.20. The second-order valence-electron chi connectivity index (χ2n) is 4.72. The highest BCUT2D eigenvalue weighted by Gasteiger charge is 2.29. The van der Waals surface area contributed by atoms with Gasteiger partial charge in [-0.05, 0) is 25.8 Å². The van der Waals surface area contributed by atoms with Gasteiger partial charge in [0.2, 0.25) is 0 Å². The Labute approximate surface area is 87.5 Å². The van der Waals surface area contributed by atoms with Crippen molar-refractivity contribution in [3.05, 3.63) is 0 Å². The summed E-state index contributed by atoms with van der Waals surface area (Å²) in [6.45, 7) is 3.99. The van der Waals surface area contributed by atoms with Crippen LogP contribution in [0.25, 0.3) is 0 Å². The Bertz CT molecular complexity index is 183. The van der Waals surface area contributed by atoms with Gasteiger partial charge < -0.3 is 5.32 Å². The van der Waals surface area contributed by atoms with E-state index in [0.29, 0.717) is 11.7 Å². The van der Waals surface area contributed by atoms with Crippen molar-refractivity contribution in [2.24, 2.45) is 11.8 Å². The predicted molar refractivity (Wildman–Crippen MR) is 59.3 cm³/mol. The maximum absolute atomic E-state index is 11.9. The van der Waals surface area contributed by atoms with Gasteiger partial charge in [0.1, 0.15) is 0 Å². The Balaban J connectivity index is 2.55. The molecule has 0 amide bonds. The molecule has 0 aliphatic heterocycles. The van der Waals surface area contributed by atoms with E-state index in [9.17, 15) is 4.79 Å². The molecule has 1 fully saturated rings. The zero-order valence-electron chi connectivity index (χ0n) is 9.68. The van der Waals surface area contributed by atoms with Crippen LogP contribution in [0.2, 0.25) is 0 Å². The first kappa shape index (κ1) is 11.7. The molecule has 0 bridgehead atoms. The fourth-order valence-corrected chi connectivity index (χ4v) is 2.44. The second kappa shape index (κ2) is 5.50. The minimum Gasteiger partial charge on any atom is -0.310 e. The molecule has 2 nitrogen and oxygen atoms in total. The predicted octanol–water partition coefficient (Wildman–Crippen LogP) is 2.38. The molecule has 1 saturated carbocycles. The molecule has 2 heteroatoms. The maximum atomic E-state index is 11.9. The van der Waals surface area contributed by atoms with E-state index in [2.05, 4.69) is 5.32 Å². The molecular weight excluding hydrogens is 174 g/mol. The van der Waals surface area contributed by atoms with Gasteiger partial charge in [0.25, 0.3) is 0 Å². The molecule has 0 heterocycles. The summed E-state index contributed by atoms with van der Waals surface area (Å²) in [6, 6.07) is 0.107. The normalized spacial score (nSPS) is 21.1. The molecule has 0 aromatic carbocycles. The fourth-order valence-electron chi connectivity index (χ4n) is 2.44. The molecule has 82 valence electrons. The van der Waals surface area contributed by atoms with E-state index in [1.165, 1.54) is 32.1 Å². The van der Waals surface area contributed by atoms with Crippen LogP contribution in [0.15, 0.2) is 0 Å². The molecule has 0 saturated heterocycles. The summed E-state index contributed by atoms with van der Waals surface area (Å²) < 4.78 is 0. The third kappa shape index (κ3) is 2.81. The molecule has 0 aromatic heterocycles. The average molecular weight is 197 g/mol. The lowest BCUT2D eigenvalue weighted by Crippen LogP contribution is -2.43. The summed E-state index contributed by atoms with van der Waals surface area (Å²) in [5.41, 5.74) is 0. The number of hydrogen-bond donors (Lipinski definition) is 1. The Morgan fingerprint density at radius 2 is 1.79 bits per heavy atom. The van der Waals surface area contributed by atoms with E-state index in [4.69, 9.17) is 0 Å². The van der Waals surface area contributed by atoms with Gasteiger partial charge in [-0.15, -0.1) is 0 Å². The molecule has 0 spiro atoms. The van der Waals surface area contributed by atoms with Crippen molar-refractivity contribution in [3.63, 3.8) is 0 Å². The minimum absolute atomic E-state index is 0.107. The van der Waals surface area contributed by atoms with E-state index in [1.807, 2.05) is 20.9 Å². The van der Waals surface area contributed by atoms with Crippen LogP contribution >= 0.6 is 0 Å². The molecule has 1 aliphatic carbocycles. The first-order valence-corrected chi connectivity index (χ1v) is 5.87. The number of rotatable bonds is 4. The van der Waals surface area contributed by atoms with Crippen LogP contribution in [0.4, 0.5) is 0 Å². The van der Waals surface area contributed by atoms with E-state index in [0.717, 1.165) is 0 Å². The van der Waals surface area contributed by atoms with Crippen LogP contribution in [0.3, 0.4) is 0 Å². The van der Waals surface area contributed by atoms with E-state index >= 15 is 0 Å². The highest BCUT2D eigenvalue weighted by atomic mass is 16.1. The van der Waals surface area contributed by atoms with Crippen molar-refractivity contribution in [2.45, 2.75) is 52.0 Å². The van der Waals surface area contributed by atoms with Crippen LogP contribution in [0.1, 0.15) is 46.0 Å². The van der Waals surface area contributed by atoms with Crippen molar-refractivity contribution in [2.75, 3.05) is 7.05 Å². The molecule has 0 aromatic rings. The fraction of sp³-hybridized carbons (Fsp3) is 0.917. The number of carbonyl (C=O) groups excluding carboxylic acids is 1. The summed E-state index contributed by atoms with van der Waals surface area (Å²) in [7, 11) is 1.92. The van der Waals surface area contributed by atoms with Crippen molar-refractivity contribution < 1.29 is 4.79 Å². The number of hydrogen-bond acceptors (Lipinski definition) is 2. The molecular formula is C12H23NO. The molecule has 0 unspecified atom stereocenters. The van der Waals surface area contributed by atoms with Crippen LogP contribution in [-0.4, -0.2) is 18.9 Å². The monoisotopic (exact) mass is 197 g/mol. The second-order valence-corrected chi connectivity index (χ2v) is 4.72. The number of carbonyl (C=O) groups is 1. The molecule has 1 rings (SSSR count). The lowest BCUT2D eigenvalue weighted by atomic mass is 9.80. The highest BCUT2D eigenvalue weighted by Crippen LogP contribution is 2.27. The third-order valence-corrected chi connectivity index (χ3v) is 3.31. The summed E-state index contributed by atoms with van der Waals surface area (Å²) in [6.07, 6.45) is 6.40. The van der Waals surface area contributed by atoms with Gasteiger partial charge in [-0.25, -0.2) is 0 Å². The first-order valence-electron chi connectivity index (χ1n) is 5.87. The van der Waals surface area contributed by atoms with Crippen LogP contribution in [-0.2, 0) is 4.79 Å². The van der Waals surface area contributed by atoms with Crippen LogP contribution in [0, 0.1) is 11.8 Å². The minimum atomic E-state index is 0.107. The topological polar surface area (TPSA) is 29.1 Å². The van der Waals surface area contributed by atoms with Gasteiger partial charge in [-0.1, -0.05) is 33.1 Å². The number of likely N-dealkylation sites (N-methyl/N-ethyl adjacent to an activating group) is 1. The van der Waals surface area contributed by atoms with Gasteiger partial charge in [0, 0.05) is 5.92 Å². The number of nitrogens with one attached hydrogen (secondary N) is 1. The zero-order chi connectivity index (χ0) is 10.6. The molecule has 0 radical (unpaired) electrons.